The van der Waals surface area contributed by atoms with Gasteiger partial charge in [-0.15, -0.1) is 0 Å². The first-order valence-electron chi connectivity index (χ1n) is 12.9. The molecule has 192 valence electrons. The number of hydrogen-bond acceptors (Lipinski definition) is 3. The molecule has 0 unspecified atom stereocenters. The molecule has 3 aromatic rings. The van der Waals surface area contributed by atoms with Crippen LogP contribution in [0.2, 0.25) is 10.0 Å². The molecule has 36 heavy (non-hydrogen) atoms. The van der Waals surface area contributed by atoms with Gasteiger partial charge in [0.05, 0.1) is 21.3 Å². The Morgan fingerprint density at radius 1 is 0.972 bits per heavy atom. The lowest BCUT2D eigenvalue weighted by Gasteiger charge is -2.37. The summed E-state index contributed by atoms with van der Waals surface area (Å²) < 4.78 is 0. The summed E-state index contributed by atoms with van der Waals surface area (Å²) in [5, 5.41) is 1.23. The van der Waals surface area contributed by atoms with E-state index in [0.29, 0.717) is 10.0 Å². The molecule has 0 atom stereocenters. The van der Waals surface area contributed by atoms with Crippen LogP contribution in [-0.2, 0) is 0 Å². The monoisotopic (exact) mass is 526 g/mol. The van der Waals surface area contributed by atoms with Gasteiger partial charge in [0, 0.05) is 50.7 Å². The van der Waals surface area contributed by atoms with E-state index in [1.54, 1.807) is 0 Å². The van der Waals surface area contributed by atoms with Crippen LogP contribution in [0.5, 0.6) is 0 Å². The molecule has 2 heterocycles. The van der Waals surface area contributed by atoms with Crippen molar-refractivity contribution in [3.05, 3.63) is 75.4 Å². The van der Waals surface area contributed by atoms with Crippen LogP contribution in [0, 0.1) is 13.8 Å². The highest BCUT2D eigenvalue weighted by Gasteiger charge is 2.24. The number of amides is 1. The average molecular weight is 528 g/mol. The van der Waals surface area contributed by atoms with E-state index in [9.17, 15) is 4.79 Å². The van der Waals surface area contributed by atoms with Crippen LogP contribution in [0.25, 0.3) is 11.3 Å². The van der Waals surface area contributed by atoms with E-state index in [0.717, 1.165) is 92.4 Å². The summed E-state index contributed by atoms with van der Waals surface area (Å²) in [5.74, 6) is 0.130. The van der Waals surface area contributed by atoms with Gasteiger partial charge in [0.2, 0.25) is 0 Å². The third kappa shape index (κ3) is 5.91. The quantitative estimate of drug-likeness (QED) is 0.338. The van der Waals surface area contributed by atoms with E-state index in [4.69, 9.17) is 23.2 Å². The number of aryl methyl sites for hydroxylation is 1. The Bertz CT molecular complexity index is 1170. The lowest BCUT2D eigenvalue weighted by Crippen LogP contribution is -2.47. The standard InChI is InChI=1S/C29H36Cl2N4O/c1-4-14-35(29(36)26-21(2)28(32-22(26)3)23-10-6-5-7-11-23)16-9-15-33-17-19-34(20-18-33)25-13-8-12-24(30)27(25)31/h5-8,10-13,32H,4,9,14-20H2,1-3H3. The maximum absolute atomic E-state index is 13.6. The summed E-state index contributed by atoms with van der Waals surface area (Å²) in [4.78, 5) is 23.9. The molecule has 5 nitrogen and oxygen atoms in total. The van der Waals surface area contributed by atoms with Crippen LogP contribution in [0.15, 0.2) is 48.5 Å². The Balaban J connectivity index is 1.34. The zero-order chi connectivity index (χ0) is 25.7. The van der Waals surface area contributed by atoms with Gasteiger partial charge in [-0.05, 0) is 56.5 Å². The van der Waals surface area contributed by atoms with Crippen LogP contribution in [0.4, 0.5) is 5.69 Å². The summed E-state index contributed by atoms with van der Waals surface area (Å²) in [6.45, 7) is 12.5. The van der Waals surface area contributed by atoms with E-state index in [-0.39, 0.29) is 5.91 Å². The van der Waals surface area contributed by atoms with Crippen molar-refractivity contribution in [2.45, 2.75) is 33.6 Å². The molecule has 1 aromatic heterocycles. The fourth-order valence-electron chi connectivity index (χ4n) is 5.14. The number of carbonyl (C=O) groups excluding carboxylic acids is 1. The van der Waals surface area contributed by atoms with Gasteiger partial charge in [0.15, 0.2) is 0 Å². The number of piperazine rings is 1. The van der Waals surface area contributed by atoms with Gasteiger partial charge in [0.1, 0.15) is 0 Å². The molecule has 0 saturated carbocycles. The third-order valence-electron chi connectivity index (χ3n) is 7.04. The number of anilines is 1. The van der Waals surface area contributed by atoms with E-state index < -0.39 is 0 Å². The highest BCUT2D eigenvalue weighted by atomic mass is 35.5. The second-order valence-corrected chi connectivity index (χ2v) is 10.3. The smallest absolute Gasteiger partial charge is 0.255 e. The minimum Gasteiger partial charge on any atom is -0.368 e. The zero-order valence-corrected chi connectivity index (χ0v) is 23.0. The third-order valence-corrected chi connectivity index (χ3v) is 7.85. The van der Waals surface area contributed by atoms with Crippen molar-refractivity contribution in [1.82, 2.24) is 14.8 Å². The molecule has 1 fully saturated rings. The summed E-state index contributed by atoms with van der Waals surface area (Å²) >= 11 is 12.6. The number of halogens is 2. The molecule has 0 bridgehead atoms. The van der Waals surface area contributed by atoms with Gasteiger partial charge in [-0.2, -0.15) is 0 Å². The molecule has 0 radical (unpaired) electrons. The highest BCUT2D eigenvalue weighted by Crippen LogP contribution is 2.33. The van der Waals surface area contributed by atoms with Crippen LogP contribution in [-0.4, -0.2) is 66.5 Å². The first-order chi connectivity index (χ1) is 17.4. The largest absolute Gasteiger partial charge is 0.368 e. The van der Waals surface area contributed by atoms with Crippen molar-refractivity contribution >= 4 is 34.8 Å². The number of aromatic nitrogens is 1. The normalized spacial score (nSPS) is 14.3. The fourth-order valence-corrected chi connectivity index (χ4v) is 5.56. The molecule has 0 aliphatic carbocycles. The predicted molar refractivity (Wildman–Crippen MR) is 152 cm³/mol. The molecular formula is C29H36Cl2N4O. The summed E-state index contributed by atoms with van der Waals surface area (Å²) in [6.07, 6.45) is 1.90. The van der Waals surface area contributed by atoms with Crippen molar-refractivity contribution in [3.8, 4) is 11.3 Å². The number of hydrogen-bond donors (Lipinski definition) is 1. The number of nitrogens with zero attached hydrogens (tertiary/aromatic N) is 3. The molecule has 1 aliphatic heterocycles. The lowest BCUT2D eigenvalue weighted by atomic mass is 10.0. The van der Waals surface area contributed by atoms with Crippen LogP contribution < -0.4 is 4.90 Å². The first-order valence-corrected chi connectivity index (χ1v) is 13.6. The number of carbonyl (C=O) groups is 1. The Morgan fingerprint density at radius 2 is 1.69 bits per heavy atom. The Labute approximate surface area is 225 Å². The van der Waals surface area contributed by atoms with Crippen LogP contribution in [0.3, 0.4) is 0 Å². The second kappa shape index (κ2) is 12.2. The maximum atomic E-state index is 13.6. The second-order valence-electron chi connectivity index (χ2n) is 9.54. The molecule has 1 amide bonds. The van der Waals surface area contributed by atoms with Crippen molar-refractivity contribution in [2.24, 2.45) is 0 Å². The van der Waals surface area contributed by atoms with Gasteiger partial charge < -0.3 is 14.8 Å². The number of benzene rings is 2. The minimum atomic E-state index is 0.130. The van der Waals surface area contributed by atoms with Crippen molar-refractivity contribution in [3.63, 3.8) is 0 Å². The summed E-state index contributed by atoms with van der Waals surface area (Å²) in [7, 11) is 0. The number of nitrogens with one attached hydrogen (secondary N) is 1. The molecule has 7 heteroatoms. The van der Waals surface area contributed by atoms with Gasteiger partial charge >= 0.3 is 0 Å². The lowest BCUT2D eigenvalue weighted by molar-refractivity contribution is 0.0746. The predicted octanol–water partition coefficient (Wildman–Crippen LogP) is 6.67. The maximum Gasteiger partial charge on any atom is 0.255 e. The molecule has 1 saturated heterocycles. The molecule has 1 aliphatic rings. The van der Waals surface area contributed by atoms with Crippen molar-refractivity contribution in [2.75, 3.05) is 50.7 Å². The van der Waals surface area contributed by atoms with Gasteiger partial charge in [-0.1, -0.05) is 66.5 Å². The number of H-pyrrole nitrogens is 1. The number of aromatic amines is 1. The molecular weight excluding hydrogens is 491 g/mol. The minimum absolute atomic E-state index is 0.130. The van der Waals surface area contributed by atoms with E-state index in [1.807, 2.05) is 48.2 Å². The summed E-state index contributed by atoms with van der Waals surface area (Å²) in [6, 6.07) is 16.0. The molecule has 4 rings (SSSR count). The van der Waals surface area contributed by atoms with Crippen molar-refractivity contribution in [1.29, 1.82) is 0 Å². The van der Waals surface area contributed by atoms with Gasteiger partial charge in [0.25, 0.3) is 5.91 Å². The van der Waals surface area contributed by atoms with E-state index >= 15 is 0 Å². The average Bonchev–Trinajstić information content (AvgIpc) is 3.19. The molecule has 2 aromatic carbocycles. The highest BCUT2D eigenvalue weighted by molar-refractivity contribution is 6.43. The fraction of sp³-hybridized carbons (Fsp3) is 0.414. The van der Waals surface area contributed by atoms with Crippen LogP contribution in [0.1, 0.15) is 41.4 Å². The SMILES string of the molecule is CCCN(CCCN1CCN(c2cccc(Cl)c2Cl)CC1)C(=O)c1c(C)[nH]c(-c2ccccc2)c1C. The Morgan fingerprint density at radius 3 is 2.39 bits per heavy atom. The molecule has 0 spiro atoms. The Kier molecular flexibility index (Phi) is 9.00. The van der Waals surface area contributed by atoms with Gasteiger partial charge in [-0.3, -0.25) is 9.69 Å². The summed E-state index contributed by atoms with van der Waals surface area (Å²) in [5.41, 5.74) is 5.93. The topological polar surface area (TPSA) is 42.6 Å². The van der Waals surface area contributed by atoms with E-state index in [1.165, 1.54) is 0 Å². The number of rotatable bonds is 9. The zero-order valence-electron chi connectivity index (χ0n) is 21.5. The van der Waals surface area contributed by atoms with Crippen molar-refractivity contribution < 1.29 is 4.79 Å². The van der Waals surface area contributed by atoms with Gasteiger partial charge in [-0.25, -0.2) is 0 Å². The Hall–Kier alpha value is -2.47. The van der Waals surface area contributed by atoms with E-state index in [2.05, 4.69) is 40.8 Å². The first kappa shape index (κ1) is 26.6. The van der Waals surface area contributed by atoms with Crippen LogP contribution >= 0.6 is 23.2 Å². The molecule has 1 N–H and O–H groups in total.